The van der Waals surface area contributed by atoms with E-state index in [1.54, 1.807) is 6.92 Å². The number of carboxylic acids is 2. The van der Waals surface area contributed by atoms with Crippen molar-refractivity contribution in [2.24, 2.45) is 5.92 Å². The standard InChI is InChI=1S/C15H13FO4.C3H6O/c1-9-12(13(17)18)3-2-8-15(9,14(19)20)10-4-6-11(16)7-5-10;1-3(2)4/h2-9H,1H3,(H,17,18)(H,19,20);1-2H3. The molecule has 0 radical (unpaired) electrons. The molecule has 0 heterocycles. The molecule has 0 spiro atoms. The van der Waals surface area contributed by atoms with E-state index in [-0.39, 0.29) is 11.4 Å². The van der Waals surface area contributed by atoms with Gasteiger partial charge in [0.25, 0.3) is 0 Å². The highest BCUT2D eigenvalue weighted by molar-refractivity contribution is 5.93. The van der Waals surface area contributed by atoms with Crippen molar-refractivity contribution < 1.29 is 29.0 Å². The monoisotopic (exact) mass is 334 g/mol. The van der Waals surface area contributed by atoms with E-state index in [9.17, 15) is 23.9 Å². The number of Topliss-reactive ketones (excluding diaryl/α,β-unsaturated/α-hetero) is 1. The SMILES string of the molecule is CC(C)=O.CC1C(C(=O)O)=CC=CC1(C(=O)O)c1ccc(F)cc1. The largest absolute Gasteiger partial charge is 0.480 e. The second-order valence-electron chi connectivity index (χ2n) is 5.60. The van der Waals surface area contributed by atoms with Gasteiger partial charge in [-0.15, -0.1) is 0 Å². The predicted octanol–water partition coefficient (Wildman–Crippen LogP) is 2.96. The molecule has 0 saturated heterocycles. The van der Waals surface area contributed by atoms with Gasteiger partial charge in [-0.25, -0.2) is 9.18 Å². The van der Waals surface area contributed by atoms with Crippen LogP contribution in [-0.4, -0.2) is 27.9 Å². The molecule has 24 heavy (non-hydrogen) atoms. The highest BCUT2D eigenvalue weighted by Gasteiger charge is 2.47. The number of carboxylic acid groups (broad SMARTS) is 2. The summed E-state index contributed by atoms with van der Waals surface area (Å²) in [6, 6.07) is 5.07. The fourth-order valence-electron chi connectivity index (χ4n) is 2.55. The van der Waals surface area contributed by atoms with Crippen LogP contribution in [-0.2, 0) is 19.8 Å². The van der Waals surface area contributed by atoms with Crippen molar-refractivity contribution in [2.75, 3.05) is 0 Å². The third kappa shape index (κ3) is 3.95. The highest BCUT2D eigenvalue weighted by atomic mass is 19.1. The Morgan fingerprint density at radius 2 is 1.58 bits per heavy atom. The van der Waals surface area contributed by atoms with Crippen LogP contribution >= 0.6 is 0 Å². The third-order valence-corrected chi connectivity index (χ3v) is 3.71. The maximum Gasteiger partial charge on any atom is 0.331 e. The van der Waals surface area contributed by atoms with Gasteiger partial charge in [-0.3, -0.25) is 4.79 Å². The average Bonchev–Trinajstić information content (AvgIpc) is 2.47. The summed E-state index contributed by atoms with van der Waals surface area (Å²) < 4.78 is 13.0. The third-order valence-electron chi connectivity index (χ3n) is 3.71. The molecule has 1 aliphatic rings. The number of aliphatic carboxylic acids is 2. The number of hydrogen-bond acceptors (Lipinski definition) is 3. The molecule has 0 amide bonds. The first-order chi connectivity index (χ1) is 11.1. The van der Waals surface area contributed by atoms with Gasteiger partial charge in [0.05, 0.1) is 0 Å². The van der Waals surface area contributed by atoms with Gasteiger partial charge in [-0.1, -0.05) is 37.3 Å². The second-order valence-corrected chi connectivity index (χ2v) is 5.60. The minimum atomic E-state index is -1.50. The van der Waals surface area contributed by atoms with E-state index in [1.165, 1.54) is 56.3 Å². The van der Waals surface area contributed by atoms with Crippen molar-refractivity contribution in [3.63, 3.8) is 0 Å². The van der Waals surface area contributed by atoms with Crippen LogP contribution in [0.4, 0.5) is 4.39 Å². The lowest BCUT2D eigenvalue weighted by Gasteiger charge is -2.35. The van der Waals surface area contributed by atoms with Gasteiger partial charge in [0, 0.05) is 11.5 Å². The summed E-state index contributed by atoms with van der Waals surface area (Å²) in [5.41, 5.74) is -1.14. The second kappa shape index (κ2) is 7.68. The lowest BCUT2D eigenvalue weighted by molar-refractivity contribution is -0.143. The molecule has 5 nitrogen and oxygen atoms in total. The zero-order valence-corrected chi connectivity index (χ0v) is 13.6. The highest BCUT2D eigenvalue weighted by Crippen LogP contribution is 2.41. The summed E-state index contributed by atoms with van der Waals surface area (Å²) in [4.78, 5) is 32.4. The molecule has 1 aliphatic carbocycles. The predicted molar refractivity (Wildman–Crippen MR) is 86.1 cm³/mol. The molecule has 0 bridgehead atoms. The van der Waals surface area contributed by atoms with E-state index in [4.69, 9.17) is 5.11 Å². The smallest absolute Gasteiger partial charge is 0.331 e. The van der Waals surface area contributed by atoms with Crippen molar-refractivity contribution in [2.45, 2.75) is 26.2 Å². The van der Waals surface area contributed by atoms with E-state index in [0.717, 1.165) is 0 Å². The molecule has 0 aliphatic heterocycles. The van der Waals surface area contributed by atoms with E-state index < -0.39 is 29.1 Å². The number of carbonyl (C=O) groups is 3. The number of carbonyl (C=O) groups excluding carboxylic acids is 1. The van der Waals surface area contributed by atoms with E-state index in [0.29, 0.717) is 5.56 Å². The molecule has 2 unspecified atom stereocenters. The van der Waals surface area contributed by atoms with Crippen molar-refractivity contribution in [3.05, 3.63) is 59.4 Å². The molecule has 0 aromatic heterocycles. The lowest BCUT2D eigenvalue weighted by Crippen LogP contribution is -2.43. The molecule has 1 aromatic rings. The number of rotatable bonds is 3. The molecule has 0 fully saturated rings. The summed E-state index contributed by atoms with van der Waals surface area (Å²) in [7, 11) is 0. The van der Waals surface area contributed by atoms with Crippen LogP contribution in [0.1, 0.15) is 26.3 Å². The molecule has 2 N–H and O–H groups in total. The Morgan fingerprint density at radius 3 is 2.00 bits per heavy atom. The van der Waals surface area contributed by atoms with E-state index in [1.807, 2.05) is 0 Å². The van der Waals surface area contributed by atoms with Gasteiger partial charge < -0.3 is 15.0 Å². The maximum absolute atomic E-state index is 13.0. The van der Waals surface area contributed by atoms with E-state index in [2.05, 4.69) is 0 Å². The maximum atomic E-state index is 13.0. The average molecular weight is 334 g/mol. The Balaban J connectivity index is 0.000000648. The van der Waals surface area contributed by atoms with Crippen molar-refractivity contribution in [1.82, 2.24) is 0 Å². The molecule has 0 saturated carbocycles. The molecule has 6 heteroatoms. The van der Waals surface area contributed by atoms with Crippen LogP contribution < -0.4 is 0 Å². The van der Waals surface area contributed by atoms with Crippen molar-refractivity contribution in [1.29, 1.82) is 0 Å². The summed E-state index contributed by atoms with van der Waals surface area (Å²) in [6.07, 6.45) is 4.25. The molecule has 1 aromatic carbocycles. The molecular weight excluding hydrogens is 315 g/mol. The van der Waals surface area contributed by atoms with Gasteiger partial charge in [0.15, 0.2) is 0 Å². The van der Waals surface area contributed by atoms with E-state index >= 15 is 0 Å². The summed E-state index contributed by atoms with van der Waals surface area (Å²) in [6.45, 7) is 4.60. The Labute approximate surface area is 139 Å². The minimum absolute atomic E-state index is 0.0132. The fourth-order valence-corrected chi connectivity index (χ4v) is 2.55. The molecule has 128 valence electrons. The Morgan fingerprint density at radius 1 is 1.08 bits per heavy atom. The fraction of sp³-hybridized carbons (Fsp3) is 0.278. The van der Waals surface area contributed by atoms with Gasteiger partial charge >= 0.3 is 11.9 Å². The summed E-state index contributed by atoms with van der Waals surface area (Å²) in [5.74, 6) is -3.40. The Bertz CT molecular complexity index is 699. The van der Waals surface area contributed by atoms with Gasteiger partial charge in [-0.2, -0.15) is 0 Å². The Hall–Kier alpha value is -2.76. The topological polar surface area (TPSA) is 91.7 Å². The first-order valence-corrected chi connectivity index (χ1v) is 7.22. The van der Waals surface area contributed by atoms with Crippen LogP contribution in [0.15, 0.2) is 48.1 Å². The summed E-state index contributed by atoms with van der Waals surface area (Å²) in [5, 5.41) is 18.8. The first kappa shape index (κ1) is 19.3. The Kier molecular flexibility index (Phi) is 6.17. The van der Waals surface area contributed by atoms with Crippen LogP contribution in [0.5, 0.6) is 0 Å². The molecular formula is C18H19FO5. The number of halogens is 1. The lowest BCUT2D eigenvalue weighted by atomic mass is 9.66. The van der Waals surface area contributed by atoms with Crippen molar-refractivity contribution in [3.8, 4) is 0 Å². The number of hydrogen-bond donors (Lipinski definition) is 2. The van der Waals surface area contributed by atoms with Crippen molar-refractivity contribution >= 4 is 17.7 Å². The van der Waals surface area contributed by atoms with Crippen LogP contribution in [0.25, 0.3) is 0 Å². The zero-order valence-electron chi connectivity index (χ0n) is 13.6. The van der Waals surface area contributed by atoms with Gasteiger partial charge in [0.2, 0.25) is 0 Å². The van der Waals surface area contributed by atoms with Gasteiger partial charge in [-0.05, 0) is 31.5 Å². The molecule has 2 atom stereocenters. The van der Waals surface area contributed by atoms with Gasteiger partial charge in [0.1, 0.15) is 17.0 Å². The van der Waals surface area contributed by atoms with Crippen LogP contribution in [0, 0.1) is 11.7 Å². The summed E-state index contributed by atoms with van der Waals surface area (Å²) >= 11 is 0. The first-order valence-electron chi connectivity index (χ1n) is 7.22. The number of benzene rings is 1. The molecule has 2 rings (SSSR count). The minimum Gasteiger partial charge on any atom is -0.480 e. The van der Waals surface area contributed by atoms with Crippen LogP contribution in [0.3, 0.4) is 0 Å². The zero-order chi connectivity index (χ0) is 18.5. The van der Waals surface area contributed by atoms with Crippen LogP contribution in [0.2, 0.25) is 0 Å². The number of allylic oxidation sites excluding steroid dienone is 2. The normalized spacial score (nSPS) is 22.0. The number of ketones is 1. The quantitative estimate of drug-likeness (QED) is 0.887.